The summed E-state index contributed by atoms with van der Waals surface area (Å²) in [7, 11) is 0.175. The number of aromatic nitrogens is 4. The molecule has 2 aliphatic rings. The second kappa shape index (κ2) is 14.1. The minimum atomic E-state index is -4.61. The number of nitrogens with zero attached hydrogens (tertiary/aromatic N) is 6. The van der Waals surface area contributed by atoms with Crippen molar-refractivity contribution < 1.29 is 35.4 Å². The lowest BCUT2D eigenvalue weighted by molar-refractivity contribution is -0.930. The standard InChI is InChI=1S/C31H30F3N7O2.C6H6O3S/c1-19-28(27-13-14-36-40(27)23-9-7-20(18-35)8-10-23)39(29(42)37-22-16-25-11-12-26(17-22)41(25,2)3)30(43)38(19)24-6-4-5-21(15-24)31(32,33)34;7-10(8,9)6-4-2-1-3-5-6/h4-10,13-15,22,25-26H,11-12,16-17H2,1-3H3;1-5H,(H,7,8,9)/t22-,25-,26+;. The molecule has 0 spiro atoms. The summed E-state index contributed by atoms with van der Waals surface area (Å²) in [5.74, 6) is 0. The van der Waals surface area contributed by atoms with Gasteiger partial charge in [-0.25, -0.2) is 27.3 Å². The summed E-state index contributed by atoms with van der Waals surface area (Å²) in [6, 6.07) is 22.0. The summed E-state index contributed by atoms with van der Waals surface area (Å²) in [6.07, 6.45) is 0.594. The summed E-state index contributed by atoms with van der Waals surface area (Å²) >= 11 is 0. The highest BCUT2D eigenvalue weighted by Crippen LogP contribution is 2.40. The van der Waals surface area contributed by atoms with Crippen LogP contribution in [0, 0.1) is 18.3 Å². The van der Waals surface area contributed by atoms with Gasteiger partial charge in [0, 0.05) is 31.7 Å². The van der Waals surface area contributed by atoms with Crippen LogP contribution in [0.2, 0.25) is 0 Å². The van der Waals surface area contributed by atoms with Crippen molar-refractivity contribution in [3.8, 4) is 28.8 Å². The molecule has 5 aromatic rings. The quantitative estimate of drug-likeness (QED) is 0.181. The first-order valence-corrected chi connectivity index (χ1v) is 18.1. The monoisotopic (exact) mass is 747 g/mol. The molecule has 2 saturated heterocycles. The third kappa shape index (κ3) is 7.41. The minimum Gasteiger partial charge on any atom is -0.744 e. The van der Waals surface area contributed by atoms with Gasteiger partial charge in [-0.2, -0.15) is 23.5 Å². The first kappa shape index (κ1) is 37.3. The van der Waals surface area contributed by atoms with Crippen molar-refractivity contribution in [1.29, 1.82) is 5.26 Å². The number of hydrogen-bond acceptors (Lipinski definition) is 7. The van der Waals surface area contributed by atoms with Gasteiger partial charge in [-0.15, -0.1) is 0 Å². The van der Waals surface area contributed by atoms with E-state index >= 15 is 0 Å². The van der Waals surface area contributed by atoms with Crippen LogP contribution in [0.5, 0.6) is 0 Å². The van der Waals surface area contributed by atoms with E-state index in [0.717, 1.165) is 51.4 Å². The van der Waals surface area contributed by atoms with E-state index in [1.54, 1.807) is 43.3 Å². The van der Waals surface area contributed by atoms with Crippen LogP contribution in [-0.4, -0.2) is 74.6 Å². The van der Waals surface area contributed by atoms with E-state index < -0.39 is 33.6 Å². The van der Waals surface area contributed by atoms with Gasteiger partial charge in [-0.3, -0.25) is 4.57 Å². The average Bonchev–Trinajstić information content (AvgIpc) is 3.71. The molecule has 0 saturated carbocycles. The normalized spacial score (nSPS) is 19.2. The SMILES string of the molecule is Cc1c(-c2ccnn2-c2ccc(C#N)cc2)n(C(=O)N[C@@H]2C[C@H]3CC[C@@H](C2)[N+]3(C)C)c(=O)n1-c1cccc(C(F)(F)F)c1.O=S(=O)([O-])c1ccccc1. The van der Waals surface area contributed by atoms with Gasteiger partial charge in [0.05, 0.1) is 77.2 Å². The molecule has 2 bridgehead atoms. The number of rotatable bonds is 5. The van der Waals surface area contributed by atoms with E-state index in [1.165, 1.54) is 47.3 Å². The predicted molar refractivity (Wildman–Crippen MR) is 187 cm³/mol. The number of carbonyl (C=O) groups is 1. The number of hydrogen-bond donors (Lipinski definition) is 1. The van der Waals surface area contributed by atoms with Crippen LogP contribution in [0.3, 0.4) is 0 Å². The Labute approximate surface area is 303 Å². The van der Waals surface area contributed by atoms with Crippen molar-refractivity contribution in [1.82, 2.24) is 24.2 Å². The third-order valence-corrected chi connectivity index (χ3v) is 11.1. The van der Waals surface area contributed by atoms with E-state index in [-0.39, 0.29) is 28.0 Å². The topological polar surface area (TPSA) is 155 Å². The number of nitrogens with one attached hydrogen (secondary N) is 1. The van der Waals surface area contributed by atoms with Crippen molar-refractivity contribution in [2.45, 2.75) is 61.8 Å². The fraction of sp³-hybridized carbons (Fsp3) is 0.297. The maximum atomic E-state index is 14.0. The smallest absolute Gasteiger partial charge is 0.416 e. The molecule has 2 aliphatic heterocycles. The van der Waals surface area contributed by atoms with Crippen LogP contribution in [-0.2, 0) is 16.3 Å². The van der Waals surface area contributed by atoms with Crippen molar-refractivity contribution in [2.24, 2.45) is 0 Å². The van der Waals surface area contributed by atoms with E-state index in [4.69, 9.17) is 0 Å². The highest BCUT2D eigenvalue weighted by molar-refractivity contribution is 7.85. The van der Waals surface area contributed by atoms with E-state index in [9.17, 15) is 41.0 Å². The Morgan fingerprint density at radius 3 is 2.17 bits per heavy atom. The molecular formula is C37H36F3N7O5S. The average molecular weight is 748 g/mol. The molecular weight excluding hydrogens is 712 g/mol. The highest BCUT2D eigenvalue weighted by atomic mass is 32.2. The van der Waals surface area contributed by atoms with Crippen molar-refractivity contribution >= 4 is 16.1 Å². The molecule has 12 nitrogen and oxygen atoms in total. The van der Waals surface area contributed by atoms with E-state index in [0.29, 0.717) is 29.0 Å². The number of nitriles is 1. The number of fused-ring (bicyclic) bond motifs is 2. The van der Waals surface area contributed by atoms with Gasteiger partial charge in [0.1, 0.15) is 15.8 Å². The fourth-order valence-corrected chi connectivity index (χ4v) is 7.90. The van der Waals surface area contributed by atoms with E-state index in [2.05, 4.69) is 30.6 Å². The number of quaternary nitrogens is 1. The Hall–Kier alpha value is -5.50. The first-order chi connectivity index (χ1) is 25.0. The maximum absolute atomic E-state index is 14.0. The zero-order valence-electron chi connectivity index (χ0n) is 29.0. The highest BCUT2D eigenvalue weighted by Gasteiger charge is 2.49. The van der Waals surface area contributed by atoms with Gasteiger partial charge in [0.15, 0.2) is 0 Å². The van der Waals surface area contributed by atoms with Crippen LogP contribution in [0.25, 0.3) is 22.8 Å². The maximum Gasteiger partial charge on any atom is 0.416 e. The molecule has 7 rings (SSSR count). The van der Waals surface area contributed by atoms with Crippen LogP contribution in [0.15, 0.2) is 101 Å². The molecule has 4 heterocycles. The predicted octanol–water partition coefficient (Wildman–Crippen LogP) is 5.61. The number of piperidine rings is 1. The molecule has 3 atom stereocenters. The molecule has 3 aromatic carbocycles. The number of imidazole rings is 1. The Morgan fingerprint density at radius 2 is 1.60 bits per heavy atom. The second-order valence-corrected chi connectivity index (χ2v) is 15.0. The van der Waals surface area contributed by atoms with Gasteiger partial charge in [-0.1, -0.05) is 24.3 Å². The minimum absolute atomic E-state index is 0.00989. The van der Waals surface area contributed by atoms with Crippen molar-refractivity contribution in [3.63, 3.8) is 0 Å². The van der Waals surface area contributed by atoms with Gasteiger partial charge in [0.2, 0.25) is 0 Å². The number of amides is 1. The van der Waals surface area contributed by atoms with Crippen LogP contribution in [0.1, 0.15) is 42.5 Å². The van der Waals surface area contributed by atoms with Crippen LogP contribution >= 0.6 is 0 Å². The number of carbonyl (C=O) groups excluding carboxylic acids is 1. The molecule has 276 valence electrons. The molecule has 16 heteroatoms. The van der Waals surface area contributed by atoms with Crippen molar-refractivity contribution in [2.75, 3.05) is 14.1 Å². The van der Waals surface area contributed by atoms with Crippen molar-refractivity contribution in [3.05, 3.63) is 118 Å². The summed E-state index contributed by atoms with van der Waals surface area (Å²) in [6.45, 7) is 1.59. The Morgan fingerprint density at radius 1 is 0.962 bits per heavy atom. The van der Waals surface area contributed by atoms with Gasteiger partial charge in [-0.05, 0) is 67.6 Å². The molecule has 53 heavy (non-hydrogen) atoms. The fourth-order valence-electron chi connectivity index (χ4n) is 7.41. The van der Waals surface area contributed by atoms with Crippen LogP contribution < -0.4 is 11.0 Å². The number of benzene rings is 3. The first-order valence-electron chi connectivity index (χ1n) is 16.7. The Kier molecular flexibility index (Phi) is 9.94. The van der Waals surface area contributed by atoms with Crippen LogP contribution in [0.4, 0.5) is 18.0 Å². The zero-order valence-corrected chi connectivity index (χ0v) is 29.8. The second-order valence-electron chi connectivity index (χ2n) is 13.6. The van der Waals surface area contributed by atoms with Gasteiger partial charge in [0.25, 0.3) is 0 Å². The molecule has 1 N–H and O–H groups in total. The van der Waals surface area contributed by atoms with E-state index in [1.807, 2.05) is 0 Å². The number of alkyl halides is 3. The summed E-state index contributed by atoms with van der Waals surface area (Å²) in [5.41, 5.74) is 0.194. The summed E-state index contributed by atoms with van der Waals surface area (Å²) < 4.78 is 76.2. The molecule has 2 aromatic heterocycles. The summed E-state index contributed by atoms with van der Waals surface area (Å²) in [4.78, 5) is 27.8. The lowest BCUT2D eigenvalue weighted by Gasteiger charge is -2.44. The van der Waals surface area contributed by atoms with Gasteiger partial charge >= 0.3 is 17.9 Å². The number of halogens is 3. The molecule has 2 fully saturated rings. The lowest BCUT2D eigenvalue weighted by Crippen LogP contribution is -2.59. The zero-order chi connectivity index (χ0) is 38.3. The molecule has 1 amide bonds. The largest absolute Gasteiger partial charge is 0.744 e. The molecule has 0 unspecified atom stereocenters. The molecule has 0 radical (unpaired) electrons. The Balaban J connectivity index is 0.000000417. The molecule has 0 aliphatic carbocycles. The van der Waals surface area contributed by atoms with Gasteiger partial charge < -0.3 is 14.4 Å². The summed E-state index contributed by atoms with van der Waals surface area (Å²) in [5, 5.41) is 16.7. The third-order valence-electron chi connectivity index (χ3n) is 10.2. The Bertz CT molecular complexity index is 2340. The lowest BCUT2D eigenvalue weighted by atomic mass is 9.96.